The van der Waals surface area contributed by atoms with Crippen LogP contribution in [0.5, 0.6) is 0 Å². The minimum absolute atomic E-state index is 0.0627. The fourth-order valence-corrected chi connectivity index (χ4v) is 4.44. The lowest BCUT2D eigenvalue weighted by Crippen LogP contribution is -2.41. The first-order valence-corrected chi connectivity index (χ1v) is 9.81. The van der Waals surface area contributed by atoms with Crippen molar-refractivity contribution >= 4 is 11.9 Å². The van der Waals surface area contributed by atoms with Gasteiger partial charge in [0.2, 0.25) is 0 Å². The van der Waals surface area contributed by atoms with Crippen LogP contribution < -0.4 is 5.32 Å². The highest BCUT2D eigenvalue weighted by Crippen LogP contribution is 2.40. The van der Waals surface area contributed by atoms with Crippen molar-refractivity contribution in [1.29, 1.82) is 0 Å². The van der Waals surface area contributed by atoms with E-state index < -0.39 is 12.0 Å². The molecule has 3 atom stereocenters. The summed E-state index contributed by atoms with van der Waals surface area (Å²) in [5.41, 5.74) is 1.66. The van der Waals surface area contributed by atoms with Crippen LogP contribution in [0.3, 0.4) is 0 Å². The largest absolute Gasteiger partial charge is 0.480 e. The summed E-state index contributed by atoms with van der Waals surface area (Å²) < 4.78 is 0. The molecule has 1 amide bonds. The van der Waals surface area contributed by atoms with Crippen LogP contribution in [0.4, 0.5) is 0 Å². The van der Waals surface area contributed by atoms with Gasteiger partial charge in [-0.15, -0.1) is 0 Å². The molecule has 0 aromatic heterocycles. The molecule has 1 heterocycles. The minimum atomic E-state index is -0.717. The molecular formula is C21H30N2O3. The predicted molar refractivity (Wildman–Crippen MR) is 101 cm³/mol. The number of nitrogens with one attached hydrogen (secondary N) is 1. The summed E-state index contributed by atoms with van der Waals surface area (Å²) >= 11 is 0. The Balaban J connectivity index is 1.73. The summed E-state index contributed by atoms with van der Waals surface area (Å²) in [4.78, 5) is 26.2. The Labute approximate surface area is 155 Å². The topological polar surface area (TPSA) is 69.6 Å². The molecule has 3 unspecified atom stereocenters. The summed E-state index contributed by atoms with van der Waals surface area (Å²) in [6.07, 6.45) is 5.38. The van der Waals surface area contributed by atoms with Gasteiger partial charge >= 0.3 is 5.97 Å². The van der Waals surface area contributed by atoms with E-state index in [1.165, 1.54) is 12.8 Å². The summed E-state index contributed by atoms with van der Waals surface area (Å²) in [6.45, 7) is 5.39. The van der Waals surface area contributed by atoms with Crippen molar-refractivity contribution in [3.05, 3.63) is 35.4 Å². The molecule has 5 heteroatoms. The number of carboxylic acid groups (broad SMARTS) is 1. The van der Waals surface area contributed by atoms with Gasteiger partial charge in [0.25, 0.3) is 5.91 Å². The number of likely N-dealkylation sites (tertiary alicyclic amines) is 1. The first kappa shape index (κ1) is 18.9. The highest BCUT2D eigenvalue weighted by molar-refractivity contribution is 5.94. The van der Waals surface area contributed by atoms with Crippen molar-refractivity contribution in [2.75, 3.05) is 6.54 Å². The normalized spacial score (nSPS) is 25.9. The van der Waals surface area contributed by atoms with Crippen molar-refractivity contribution in [3.8, 4) is 0 Å². The van der Waals surface area contributed by atoms with Crippen LogP contribution in [0.1, 0.15) is 61.9 Å². The van der Waals surface area contributed by atoms with Gasteiger partial charge in [-0.3, -0.25) is 14.5 Å². The van der Waals surface area contributed by atoms with Crippen molar-refractivity contribution in [2.45, 2.75) is 64.6 Å². The number of aliphatic carboxylic acids is 1. The average Bonchev–Trinajstić information content (AvgIpc) is 2.99. The standard InChI is InChI=1S/C21H30N2O3/c1-14(2)12-22-20(24)17-8-5-6-15(10-17)13-23-18-9-4-3-7-16(18)11-19(23)21(25)26/h5-6,8,10,14,16,18-19H,3-4,7,9,11-13H2,1-2H3,(H,22,24)(H,25,26). The molecule has 0 radical (unpaired) electrons. The first-order valence-electron chi connectivity index (χ1n) is 9.81. The van der Waals surface area contributed by atoms with Gasteiger partial charge < -0.3 is 10.4 Å². The number of benzene rings is 1. The molecule has 1 saturated heterocycles. The number of nitrogens with zero attached hydrogens (tertiary/aromatic N) is 1. The summed E-state index contributed by atoms with van der Waals surface area (Å²) in [5.74, 6) is 0.131. The fourth-order valence-electron chi connectivity index (χ4n) is 4.44. The number of carboxylic acids is 1. The summed E-state index contributed by atoms with van der Waals surface area (Å²) in [7, 11) is 0. The summed E-state index contributed by atoms with van der Waals surface area (Å²) in [6, 6.07) is 7.58. The fraction of sp³-hybridized carbons (Fsp3) is 0.619. The highest BCUT2D eigenvalue weighted by Gasteiger charge is 2.44. The zero-order chi connectivity index (χ0) is 18.7. The maximum absolute atomic E-state index is 12.3. The van der Waals surface area contributed by atoms with Gasteiger partial charge in [0.1, 0.15) is 6.04 Å². The third-order valence-corrected chi connectivity index (χ3v) is 5.73. The second-order valence-electron chi connectivity index (χ2n) is 8.18. The van der Waals surface area contributed by atoms with E-state index in [0.717, 1.165) is 24.8 Å². The molecular weight excluding hydrogens is 328 g/mol. The van der Waals surface area contributed by atoms with Crippen molar-refractivity contribution < 1.29 is 14.7 Å². The van der Waals surface area contributed by atoms with Crippen LogP contribution in [-0.2, 0) is 11.3 Å². The molecule has 1 aliphatic heterocycles. The minimum Gasteiger partial charge on any atom is -0.480 e. The number of rotatable bonds is 6. The lowest BCUT2D eigenvalue weighted by molar-refractivity contribution is -0.142. The lowest BCUT2D eigenvalue weighted by atomic mass is 9.84. The molecule has 2 N–H and O–H groups in total. The van der Waals surface area contributed by atoms with Crippen LogP contribution in [-0.4, -0.2) is 40.5 Å². The van der Waals surface area contributed by atoms with E-state index in [2.05, 4.69) is 24.1 Å². The van der Waals surface area contributed by atoms with Gasteiger partial charge in [-0.05, 0) is 48.8 Å². The van der Waals surface area contributed by atoms with Crippen molar-refractivity contribution in [2.24, 2.45) is 11.8 Å². The van der Waals surface area contributed by atoms with Crippen LogP contribution >= 0.6 is 0 Å². The van der Waals surface area contributed by atoms with Crippen LogP contribution in [0, 0.1) is 11.8 Å². The van der Waals surface area contributed by atoms with E-state index in [9.17, 15) is 14.7 Å². The van der Waals surface area contributed by atoms with Gasteiger partial charge in [0.05, 0.1) is 0 Å². The van der Waals surface area contributed by atoms with E-state index in [1.54, 1.807) is 0 Å². The Bertz CT molecular complexity index is 658. The molecule has 2 fully saturated rings. The van der Waals surface area contributed by atoms with Gasteiger partial charge in [0.15, 0.2) is 0 Å². The zero-order valence-electron chi connectivity index (χ0n) is 15.8. The third kappa shape index (κ3) is 4.26. The van der Waals surface area contributed by atoms with Crippen molar-refractivity contribution in [1.82, 2.24) is 10.2 Å². The lowest BCUT2D eigenvalue weighted by Gasteiger charge is -2.33. The van der Waals surface area contributed by atoms with E-state index in [-0.39, 0.29) is 5.91 Å². The Morgan fingerprint density at radius 3 is 2.77 bits per heavy atom. The van der Waals surface area contributed by atoms with Crippen molar-refractivity contribution in [3.63, 3.8) is 0 Å². The molecule has 26 heavy (non-hydrogen) atoms. The van der Waals surface area contributed by atoms with Gasteiger partial charge in [-0.2, -0.15) is 0 Å². The second kappa shape index (κ2) is 8.21. The molecule has 1 aromatic carbocycles. The second-order valence-corrected chi connectivity index (χ2v) is 8.18. The van der Waals surface area contributed by atoms with Gasteiger partial charge in [0, 0.05) is 24.7 Å². The maximum atomic E-state index is 12.3. The maximum Gasteiger partial charge on any atom is 0.320 e. The van der Waals surface area contributed by atoms with Crippen LogP contribution in [0.25, 0.3) is 0 Å². The number of carbonyl (C=O) groups is 2. The van der Waals surface area contributed by atoms with E-state index in [0.29, 0.717) is 36.5 Å². The third-order valence-electron chi connectivity index (χ3n) is 5.73. The Morgan fingerprint density at radius 2 is 2.04 bits per heavy atom. The molecule has 0 spiro atoms. The number of hydrogen-bond acceptors (Lipinski definition) is 3. The van der Waals surface area contributed by atoms with E-state index in [1.807, 2.05) is 24.3 Å². The number of carbonyl (C=O) groups excluding carboxylic acids is 1. The number of hydrogen-bond donors (Lipinski definition) is 2. The van der Waals surface area contributed by atoms with Crippen LogP contribution in [0.2, 0.25) is 0 Å². The molecule has 1 aromatic rings. The average molecular weight is 358 g/mol. The molecule has 5 nitrogen and oxygen atoms in total. The Morgan fingerprint density at radius 1 is 1.27 bits per heavy atom. The van der Waals surface area contributed by atoms with Gasteiger partial charge in [-0.25, -0.2) is 0 Å². The molecule has 142 valence electrons. The Kier molecular flexibility index (Phi) is 5.97. The molecule has 1 aliphatic carbocycles. The molecule has 0 bridgehead atoms. The monoisotopic (exact) mass is 358 g/mol. The highest BCUT2D eigenvalue weighted by atomic mass is 16.4. The van der Waals surface area contributed by atoms with E-state index >= 15 is 0 Å². The van der Waals surface area contributed by atoms with Crippen LogP contribution in [0.15, 0.2) is 24.3 Å². The first-order chi connectivity index (χ1) is 12.5. The zero-order valence-corrected chi connectivity index (χ0v) is 15.8. The Hall–Kier alpha value is -1.88. The summed E-state index contributed by atoms with van der Waals surface area (Å²) in [5, 5.41) is 12.6. The number of amides is 1. The SMILES string of the molecule is CC(C)CNC(=O)c1cccc(CN2C(C(=O)O)CC3CCCCC32)c1. The van der Waals surface area contributed by atoms with E-state index in [4.69, 9.17) is 0 Å². The molecule has 2 aliphatic rings. The predicted octanol–water partition coefficient (Wildman–Crippen LogP) is 3.29. The molecule has 1 saturated carbocycles. The van der Waals surface area contributed by atoms with Gasteiger partial charge in [-0.1, -0.05) is 38.8 Å². The smallest absolute Gasteiger partial charge is 0.320 e. The molecule has 3 rings (SSSR count). The number of fused-ring (bicyclic) bond motifs is 1. The quantitative estimate of drug-likeness (QED) is 0.819.